The van der Waals surface area contributed by atoms with Gasteiger partial charge in [-0.05, 0) is 60.4 Å². The molecule has 1 saturated carbocycles. The van der Waals surface area contributed by atoms with Crippen LogP contribution in [0.1, 0.15) is 54.9 Å². The van der Waals surface area contributed by atoms with Crippen LogP contribution in [0.2, 0.25) is 0 Å². The van der Waals surface area contributed by atoms with Crippen molar-refractivity contribution < 1.29 is 9.53 Å². The van der Waals surface area contributed by atoms with E-state index < -0.39 is 6.10 Å². The highest BCUT2D eigenvalue weighted by Gasteiger charge is 2.34. The van der Waals surface area contributed by atoms with Gasteiger partial charge < -0.3 is 4.74 Å². The highest BCUT2D eigenvalue weighted by atomic mass is 16.5. The second-order valence-electron chi connectivity index (χ2n) is 8.31. The van der Waals surface area contributed by atoms with E-state index in [4.69, 9.17) is 4.74 Å². The topological polar surface area (TPSA) is 79.0 Å². The zero-order chi connectivity index (χ0) is 22.0. The van der Waals surface area contributed by atoms with Gasteiger partial charge in [0, 0.05) is 18.5 Å². The second-order valence-corrected chi connectivity index (χ2v) is 8.31. The lowest BCUT2D eigenvalue weighted by Crippen LogP contribution is -2.31. The van der Waals surface area contributed by atoms with Gasteiger partial charge in [0.25, 0.3) is 0 Å². The summed E-state index contributed by atoms with van der Waals surface area (Å²) in [4.78, 5) is 26.4. The van der Waals surface area contributed by atoms with Crippen molar-refractivity contribution in [2.75, 3.05) is 0 Å². The SMILES string of the molecule is Cc1ccccc1OC(C(=O)C1CCCCC1)c1c(C)cccc1-n1nnn(C)c1=O. The number of carbonyl (C=O) groups is 1. The third kappa shape index (κ3) is 4.17. The van der Waals surface area contributed by atoms with E-state index in [2.05, 4.69) is 10.4 Å². The molecular formula is C24H28N4O3. The molecule has 31 heavy (non-hydrogen) atoms. The number of aromatic nitrogens is 4. The maximum Gasteiger partial charge on any atom is 0.368 e. The number of tetrazole rings is 1. The molecule has 0 spiro atoms. The van der Waals surface area contributed by atoms with Crippen molar-refractivity contribution >= 4 is 5.78 Å². The quantitative estimate of drug-likeness (QED) is 0.605. The first kappa shape index (κ1) is 21.0. The number of aryl methyl sites for hydroxylation is 3. The van der Waals surface area contributed by atoms with Gasteiger partial charge in [-0.2, -0.15) is 9.36 Å². The molecule has 1 fully saturated rings. The van der Waals surface area contributed by atoms with Gasteiger partial charge in [-0.15, -0.1) is 0 Å². The fourth-order valence-corrected chi connectivity index (χ4v) is 4.33. The molecule has 1 aliphatic rings. The highest BCUT2D eigenvalue weighted by molar-refractivity contribution is 5.88. The van der Waals surface area contributed by atoms with E-state index in [9.17, 15) is 9.59 Å². The number of carbonyl (C=O) groups excluding carboxylic acids is 1. The summed E-state index contributed by atoms with van der Waals surface area (Å²) in [5.74, 6) is 0.682. The van der Waals surface area contributed by atoms with Crippen LogP contribution in [0.15, 0.2) is 47.3 Å². The average Bonchev–Trinajstić information content (AvgIpc) is 3.12. The van der Waals surface area contributed by atoms with Gasteiger partial charge in [0.05, 0.1) is 5.69 Å². The van der Waals surface area contributed by atoms with Gasteiger partial charge in [-0.3, -0.25) is 4.79 Å². The summed E-state index contributed by atoms with van der Waals surface area (Å²) >= 11 is 0. The molecule has 1 aliphatic carbocycles. The Morgan fingerprint density at radius 2 is 1.71 bits per heavy atom. The largest absolute Gasteiger partial charge is 0.478 e. The Balaban J connectivity index is 1.85. The second kappa shape index (κ2) is 8.88. The van der Waals surface area contributed by atoms with Crippen molar-refractivity contribution in [1.82, 2.24) is 19.8 Å². The van der Waals surface area contributed by atoms with E-state index in [1.165, 1.54) is 9.36 Å². The molecule has 162 valence electrons. The van der Waals surface area contributed by atoms with Crippen LogP contribution in [0.4, 0.5) is 0 Å². The number of rotatable bonds is 6. The van der Waals surface area contributed by atoms with Gasteiger partial charge in [-0.25, -0.2) is 4.79 Å². The van der Waals surface area contributed by atoms with Gasteiger partial charge in [0.15, 0.2) is 11.9 Å². The number of benzene rings is 2. The Kier molecular flexibility index (Phi) is 6.02. The van der Waals surface area contributed by atoms with Crippen molar-refractivity contribution in [3.8, 4) is 11.4 Å². The van der Waals surface area contributed by atoms with E-state index in [0.717, 1.165) is 43.2 Å². The lowest BCUT2D eigenvalue weighted by Gasteiger charge is -2.28. The Labute approximate surface area is 181 Å². The first-order valence-electron chi connectivity index (χ1n) is 10.8. The first-order chi connectivity index (χ1) is 15.0. The van der Waals surface area contributed by atoms with E-state index >= 15 is 0 Å². The first-order valence-corrected chi connectivity index (χ1v) is 10.8. The molecule has 0 bridgehead atoms. The fourth-order valence-electron chi connectivity index (χ4n) is 4.33. The van der Waals surface area contributed by atoms with Crippen LogP contribution in [-0.4, -0.2) is 25.6 Å². The number of Topliss-reactive ketones (excluding diaryl/α,β-unsaturated/α-hetero) is 1. The van der Waals surface area contributed by atoms with Crippen molar-refractivity contribution in [2.24, 2.45) is 13.0 Å². The van der Waals surface area contributed by atoms with Crippen molar-refractivity contribution in [3.63, 3.8) is 0 Å². The minimum Gasteiger partial charge on any atom is -0.478 e. The van der Waals surface area contributed by atoms with Crippen LogP contribution in [0.5, 0.6) is 5.75 Å². The Bertz CT molecular complexity index is 1140. The normalized spacial score (nSPS) is 15.6. The Morgan fingerprint density at radius 3 is 2.39 bits per heavy atom. The lowest BCUT2D eigenvalue weighted by molar-refractivity contribution is -0.131. The molecular weight excluding hydrogens is 392 g/mol. The minimum atomic E-state index is -0.825. The van der Waals surface area contributed by atoms with Gasteiger partial charge in [0.1, 0.15) is 5.75 Å². The number of ketones is 1. The van der Waals surface area contributed by atoms with Crippen molar-refractivity contribution in [1.29, 1.82) is 0 Å². The molecule has 0 saturated heterocycles. The Hall–Kier alpha value is -3.22. The van der Waals surface area contributed by atoms with E-state index in [0.29, 0.717) is 17.0 Å². The summed E-state index contributed by atoms with van der Waals surface area (Å²) in [6, 6.07) is 13.3. The van der Waals surface area contributed by atoms with E-state index in [1.807, 2.05) is 50.2 Å². The molecule has 2 aromatic carbocycles. The van der Waals surface area contributed by atoms with Crippen LogP contribution in [0.25, 0.3) is 5.69 Å². The maximum atomic E-state index is 13.8. The summed E-state index contributed by atoms with van der Waals surface area (Å²) < 4.78 is 8.83. The third-order valence-corrected chi connectivity index (χ3v) is 6.12. The zero-order valence-corrected chi connectivity index (χ0v) is 18.2. The van der Waals surface area contributed by atoms with Gasteiger partial charge in [-0.1, -0.05) is 49.6 Å². The van der Waals surface area contributed by atoms with Gasteiger partial charge >= 0.3 is 5.69 Å². The number of nitrogens with zero attached hydrogens (tertiary/aromatic N) is 4. The van der Waals surface area contributed by atoms with Gasteiger partial charge in [0.2, 0.25) is 0 Å². The lowest BCUT2D eigenvalue weighted by atomic mass is 9.82. The van der Waals surface area contributed by atoms with E-state index in [-0.39, 0.29) is 17.4 Å². The molecule has 7 nitrogen and oxygen atoms in total. The molecule has 3 aromatic rings. The number of ether oxygens (including phenoxy) is 1. The van der Waals surface area contributed by atoms with Crippen LogP contribution in [-0.2, 0) is 11.8 Å². The van der Waals surface area contributed by atoms with Crippen LogP contribution >= 0.6 is 0 Å². The number of hydrogen-bond donors (Lipinski definition) is 0. The number of para-hydroxylation sites is 1. The van der Waals surface area contributed by atoms with Crippen molar-refractivity contribution in [2.45, 2.75) is 52.1 Å². The zero-order valence-electron chi connectivity index (χ0n) is 18.2. The van der Waals surface area contributed by atoms with E-state index in [1.54, 1.807) is 13.1 Å². The molecule has 1 atom stereocenters. The Morgan fingerprint density at radius 1 is 1.00 bits per heavy atom. The van der Waals surface area contributed by atoms with Crippen LogP contribution < -0.4 is 10.4 Å². The molecule has 0 amide bonds. The standard InChI is InChI=1S/C24H28N4O3/c1-16-10-7-8-15-20(16)31-23(22(29)18-12-5-4-6-13-18)21-17(2)11-9-14-19(21)28-24(30)27(3)25-26-28/h7-11,14-15,18,23H,4-6,12-13H2,1-3H3. The van der Waals surface area contributed by atoms with Crippen molar-refractivity contribution in [3.05, 3.63) is 69.6 Å². The fraction of sp³-hybridized carbons (Fsp3) is 0.417. The summed E-state index contributed by atoms with van der Waals surface area (Å²) in [6.45, 7) is 3.89. The summed E-state index contributed by atoms with van der Waals surface area (Å²) in [5, 5.41) is 7.86. The smallest absolute Gasteiger partial charge is 0.368 e. The van der Waals surface area contributed by atoms with Crippen LogP contribution in [0.3, 0.4) is 0 Å². The average molecular weight is 421 g/mol. The molecule has 1 heterocycles. The minimum absolute atomic E-state index is 0.0474. The summed E-state index contributed by atoms with van der Waals surface area (Å²) in [6.07, 6.45) is 4.19. The summed E-state index contributed by atoms with van der Waals surface area (Å²) in [7, 11) is 1.55. The highest BCUT2D eigenvalue weighted by Crippen LogP contribution is 2.36. The molecule has 0 radical (unpaired) electrons. The number of hydrogen-bond acceptors (Lipinski definition) is 5. The molecule has 0 N–H and O–H groups in total. The maximum absolute atomic E-state index is 13.8. The molecule has 4 rings (SSSR count). The summed E-state index contributed by atoms with van der Waals surface area (Å²) in [5.41, 5.74) is 2.66. The molecule has 1 unspecified atom stereocenters. The monoisotopic (exact) mass is 420 g/mol. The van der Waals surface area contributed by atoms with Crippen LogP contribution in [0, 0.1) is 19.8 Å². The molecule has 7 heteroatoms. The third-order valence-electron chi connectivity index (χ3n) is 6.12. The molecule has 1 aromatic heterocycles. The predicted octanol–water partition coefficient (Wildman–Crippen LogP) is 3.85. The predicted molar refractivity (Wildman–Crippen MR) is 117 cm³/mol. The molecule has 0 aliphatic heterocycles.